The number of hydrogen-bond donors (Lipinski definition) is 0. The van der Waals surface area contributed by atoms with E-state index in [2.05, 4.69) is 4.74 Å². The number of carbonyl (C=O) groups excluding carboxylic acids is 2. The summed E-state index contributed by atoms with van der Waals surface area (Å²) < 4.78 is 4.55. The van der Waals surface area contributed by atoms with Gasteiger partial charge in [-0.05, 0) is 23.8 Å². The first-order valence-corrected chi connectivity index (χ1v) is 5.34. The maximum Gasteiger partial charge on any atom is 0.310 e. The number of benzene rings is 1. The Morgan fingerprint density at radius 3 is 2.62 bits per heavy atom. The van der Waals surface area contributed by atoms with Crippen molar-refractivity contribution >= 4 is 23.4 Å². The van der Waals surface area contributed by atoms with E-state index in [1.807, 2.05) is 0 Å². The number of esters is 1. The number of carbonyl (C=O) groups is 2. The number of methoxy groups -OCH3 is 1. The SMILES string of the molecule is CCC(=O)c1ccc(Cl)c(CC(=O)OC)c1. The molecule has 0 fully saturated rings. The molecule has 0 amide bonds. The van der Waals surface area contributed by atoms with Gasteiger partial charge in [-0.25, -0.2) is 0 Å². The van der Waals surface area contributed by atoms with Crippen LogP contribution in [0, 0.1) is 0 Å². The topological polar surface area (TPSA) is 43.4 Å². The quantitative estimate of drug-likeness (QED) is 0.600. The second-order valence-corrected chi connectivity index (χ2v) is 3.74. The molecule has 0 radical (unpaired) electrons. The first kappa shape index (κ1) is 12.7. The molecule has 0 unspecified atom stereocenters. The van der Waals surface area contributed by atoms with Crippen LogP contribution in [0.4, 0.5) is 0 Å². The highest BCUT2D eigenvalue weighted by atomic mass is 35.5. The lowest BCUT2D eigenvalue weighted by Gasteiger charge is -2.05. The third kappa shape index (κ3) is 3.07. The summed E-state index contributed by atoms with van der Waals surface area (Å²) in [5.74, 6) is -0.342. The zero-order chi connectivity index (χ0) is 12.1. The standard InChI is InChI=1S/C12H13ClO3/c1-3-11(14)8-4-5-10(13)9(6-8)7-12(15)16-2/h4-6H,3,7H2,1-2H3. The average molecular weight is 241 g/mol. The summed E-state index contributed by atoms with van der Waals surface area (Å²) in [6.07, 6.45) is 0.513. The van der Waals surface area contributed by atoms with Crippen LogP contribution in [-0.4, -0.2) is 18.9 Å². The van der Waals surface area contributed by atoms with Crippen LogP contribution in [-0.2, 0) is 16.0 Å². The number of Topliss-reactive ketones (excluding diaryl/α,β-unsaturated/α-hetero) is 1. The van der Waals surface area contributed by atoms with E-state index in [-0.39, 0.29) is 18.2 Å². The van der Waals surface area contributed by atoms with E-state index in [9.17, 15) is 9.59 Å². The Morgan fingerprint density at radius 1 is 1.38 bits per heavy atom. The fourth-order valence-corrected chi connectivity index (χ4v) is 1.50. The molecule has 0 saturated carbocycles. The highest BCUT2D eigenvalue weighted by molar-refractivity contribution is 6.31. The smallest absolute Gasteiger partial charge is 0.310 e. The first-order valence-electron chi connectivity index (χ1n) is 4.97. The Morgan fingerprint density at radius 2 is 2.06 bits per heavy atom. The average Bonchev–Trinajstić information content (AvgIpc) is 2.30. The van der Waals surface area contributed by atoms with Crippen molar-refractivity contribution in [3.8, 4) is 0 Å². The van der Waals surface area contributed by atoms with Gasteiger partial charge in [0.1, 0.15) is 0 Å². The number of ether oxygens (including phenoxy) is 1. The van der Waals surface area contributed by atoms with Gasteiger partial charge in [0.15, 0.2) is 5.78 Å². The third-order valence-corrected chi connectivity index (χ3v) is 2.62. The summed E-state index contributed by atoms with van der Waals surface area (Å²) in [7, 11) is 1.32. The molecule has 16 heavy (non-hydrogen) atoms. The van der Waals surface area contributed by atoms with Gasteiger partial charge in [0.25, 0.3) is 0 Å². The van der Waals surface area contributed by atoms with Crippen LogP contribution >= 0.6 is 11.6 Å². The van der Waals surface area contributed by atoms with Crippen LogP contribution < -0.4 is 0 Å². The molecule has 0 atom stereocenters. The minimum absolute atomic E-state index is 0.0304. The van der Waals surface area contributed by atoms with Crippen molar-refractivity contribution < 1.29 is 14.3 Å². The molecule has 0 saturated heterocycles. The van der Waals surface area contributed by atoms with Crippen molar-refractivity contribution in [3.05, 3.63) is 34.3 Å². The van der Waals surface area contributed by atoms with Gasteiger partial charge in [-0.3, -0.25) is 9.59 Å². The molecule has 86 valence electrons. The number of hydrogen-bond acceptors (Lipinski definition) is 3. The zero-order valence-electron chi connectivity index (χ0n) is 9.25. The Hall–Kier alpha value is -1.35. The summed E-state index contributed by atoms with van der Waals surface area (Å²) >= 11 is 5.93. The maximum absolute atomic E-state index is 11.5. The molecule has 0 bridgehead atoms. The highest BCUT2D eigenvalue weighted by Crippen LogP contribution is 2.19. The highest BCUT2D eigenvalue weighted by Gasteiger charge is 2.10. The van der Waals surface area contributed by atoms with Gasteiger partial charge in [0, 0.05) is 17.0 Å². The molecule has 3 nitrogen and oxygen atoms in total. The van der Waals surface area contributed by atoms with Crippen LogP contribution in [0.5, 0.6) is 0 Å². The van der Waals surface area contributed by atoms with Gasteiger partial charge in [-0.15, -0.1) is 0 Å². The number of rotatable bonds is 4. The maximum atomic E-state index is 11.5. The predicted molar refractivity (Wildman–Crippen MR) is 61.8 cm³/mol. The van der Waals surface area contributed by atoms with Gasteiger partial charge in [0.2, 0.25) is 0 Å². The minimum atomic E-state index is -0.372. The molecule has 0 spiro atoms. The molecular formula is C12H13ClO3. The predicted octanol–water partition coefficient (Wildman–Crippen LogP) is 2.65. The van der Waals surface area contributed by atoms with E-state index < -0.39 is 0 Å². The van der Waals surface area contributed by atoms with Crippen molar-refractivity contribution in [2.45, 2.75) is 19.8 Å². The van der Waals surface area contributed by atoms with Crippen LogP contribution in [0.15, 0.2) is 18.2 Å². The molecule has 1 rings (SSSR count). The molecule has 0 aromatic heterocycles. The summed E-state index contributed by atoms with van der Waals surface area (Å²) in [4.78, 5) is 22.6. The molecule has 1 aromatic rings. The molecule has 0 aliphatic carbocycles. The normalized spacial score (nSPS) is 9.94. The summed E-state index contributed by atoms with van der Waals surface area (Å²) in [5, 5.41) is 0.470. The van der Waals surface area contributed by atoms with Crippen molar-refractivity contribution in [1.29, 1.82) is 0 Å². The van der Waals surface area contributed by atoms with Crippen LogP contribution in [0.2, 0.25) is 5.02 Å². The van der Waals surface area contributed by atoms with Crippen LogP contribution in [0.3, 0.4) is 0 Å². The van der Waals surface area contributed by atoms with Gasteiger partial charge in [-0.1, -0.05) is 18.5 Å². The second kappa shape index (κ2) is 5.66. The van der Waals surface area contributed by atoms with E-state index in [0.29, 0.717) is 22.6 Å². The molecule has 0 N–H and O–H groups in total. The van der Waals surface area contributed by atoms with Crippen LogP contribution in [0.1, 0.15) is 29.3 Å². The van der Waals surface area contributed by atoms with Crippen LogP contribution in [0.25, 0.3) is 0 Å². The van der Waals surface area contributed by atoms with E-state index in [1.165, 1.54) is 7.11 Å². The summed E-state index contributed by atoms with van der Waals surface area (Å²) in [5.41, 5.74) is 1.19. The first-order chi connectivity index (χ1) is 7.58. The summed E-state index contributed by atoms with van der Waals surface area (Å²) in [6, 6.07) is 4.93. The molecule has 0 heterocycles. The van der Waals surface area contributed by atoms with E-state index in [0.717, 1.165) is 0 Å². The van der Waals surface area contributed by atoms with E-state index in [1.54, 1.807) is 25.1 Å². The van der Waals surface area contributed by atoms with Gasteiger partial charge in [-0.2, -0.15) is 0 Å². The second-order valence-electron chi connectivity index (χ2n) is 3.34. The van der Waals surface area contributed by atoms with E-state index in [4.69, 9.17) is 11.6 Å². The Labute approximate surface area is 99.4 Å². The van der Waals surface area contributed by atoms with Crippen molar-refractivity contribution in [2.24, 2.45) is 0 Å². The molecular weight excluding hydrogens is 228 g/mol. The largest absolute Gasteiger partial charge is 0.469 e. The van der Waals surface area contributed by atoms with Gasteiger partial charge in [0.05, 0.1) is 13.5 Å². The number of ketones is 1. The zero-order valence-corrected chi connectivity index (χ0v) is 10.0. The summed E-state index contributed by atoms with van der Waals surface area (Å²) in [6.45, 7) is 1.79. The Kier molecular flexibility index (Phi) is 4.50. The molecule has 4 heteroatoms. The Balaban J connectivity index is 2.99. The minimum Gasteiger partial charge on any atom is -0.469 e. The van der Waals surface area contributed by atoms with E-state index >= 15 is 0 Å². The van der Waals surface area contributed by atoms with Gasteiger partial charge < -0.3 is 4.74 Å². The van der Waals surface area contributed by atoms with Crippen molar-refractivity contribution in [2.75, 3.05) is 7.11 Å². The van der Waals surface area contributed by atoms with Crippen molar-refractivity contribution in [3.63, 3.8) is 0 Å². The lowest BCUT2D eigenvalue weighted by molar-refractivity contribution is -0.139. The fraction of sp³-hybridized carbons (Fsp3) is 0.333. The molecule has 1 aromatic carbocycles. The molecule has 0 aliphatic heterocycles. The van der Waals surface area contributed by atoms with Gasteiger partial charge >= 0.3 is 5.97 Å². The Bertz CT molecular complexity index is 413. The monoisotopic (exact) mass is 240 g/mol. The lowest BCUT2D eigenvalue weighted by Crippen LogP contribution is -2.06. The van der Waals surface area contributed by atoms with Crippen molar-refractivity contribution in [1.82, 2.24) is 0 Å². The molecule has 0 aliphatic rings. The number of halogens is 1. The fourth-order valence-electron chi connectivity index (χ4n) is 1.32. The third-order valence-electron chi connectivity index (χ3n) is 2.25. The lowest BCUT2D eigenvalue weighted by atomic mass is 10.0.